The zero-order chi connectivity index (χ0) is 27.0. The van der Waals surface area contributed by atoms with E-state index in [9.17, 15) is 26.4 Å². The van der Waals surface area contributed by atoms with Crippen LogP contribution in [0.1, 0.15) is 24.5 Å². The quantitative estimate of drug-likeness (QED) is 0.448. The van der Waals surface area contributed by atoms with Gasteiger partial charge in [0.15, 0.2) is 0 Å². The van der Waals surface area contributed by atoms with Gasteiger partial charge in [-0.3, -0.25) is 9.58 Å². The smallest absolute Gasteiger partial charge is 0.417 e. The Hall–Kier alpha value is -3.61. The first-order valence-corrected chi connectivity index (χ1v) is 13.4. The molecule has 198 valence electrons. The number of amides is 1. The molecule has 1 amide bonds. The lowest BCUT2D eigenvalue weighted by atomic mass is 9.92. The molecule has 1 aliphatic rings. The molecule has 0 fully saturated rings. The number of nitrogens with zero attached hydrogens (tertiary/aromatic N) is 4. The van der Waals surface area contributed by atoms with Gasteiger partial charge in [0.1, 0.15) is 15.6 Å². The second kappa shape index (κ2) is 10.0. The minimum Gasteiger partial charge on any atom is -0.452 e. The van der Waals surface area contributed by atoms with Crippen LogP contribution < -0.4 is 9.64 Å². The number of sulfone groups is 1. The molecular formula is C24H25F3N4O5S. The molecule has 2 aromatic heterocycles. The molecule has 0 spiro atoms. The van der Waals surface area contributed by atoms with Crippen LogP contribution in [0.25, 0.3) is 11.1 Å². The average molecular weight is 539 g/mol. The summed E-state index contributed by atoms with van der Waals surface area (Å²) in [6.07, 6.45) is 1.05. The highest BCUT2D eigenvalue weighted by Crippen LogP contribution is 2.44. The lowest BCUT2D eigenvalue weighted by Crippen LogP contribution is -2.42. The summed E-state index contributed by atoms with van der Waals surface area (Å²) >= 11 is 0. The number of aromatic nitrogens is 3. The summed E-state index contributed by atoms with van der Waals surface area (Å²) in [6.45, 7) is 2.03. The van der Waals surface area contributed by atoms with Crippen LogP contribution in [0.15, 0.2) is 42.9 Å². The fraction of sp³-hybridized carbons (Fsp3) is 0.375. The summed E-state index contributed by atoms with van der Waals surface area (Å²) in [5.41, 5.74) is 1.46. The predicted octanol–water partition coefficient (Wildman–Crippen LogP) is 4.71. The first kappa shape index (κ1) is 26.5. The van der Waals surface area contributed by atoms with Gasteiger partial charge in [0.05, 0.1) is 36.9 Å². The maximum absolute atomic E-state index is 13.0. The number of aryl methyl sites for hydroxylation is 1. The molecule has 0 saturated heterocycles. The monoisotopic (exact) mass is 538 g/mol. The molecule has 1 aliphatic heterocycles. The number of methoxy groups -OCH3 is 1. The Bertz CT molecular complexity index is 1400. The van der Waals surface area contributed by atoms with E-state index in [1.807, 2.05) is 6.92 Å². The Morgan fingerprint density at radius 2 is 1.95 bits per heavy atom. The standard InChI is InChI=1S/C24H25F3N4O5S/c1-15-4-6-19-20(31(15)23(32)35-2)8-7-18(16-12-29-30(14-16)10-11-37(3,33)34)22(19)36-21-9-5-17(13-28-21)24(25,26)27/h5,7-9,12-15H,4,6,10-11H2,1-3H3/t15-/m0/s1. The zero-order valence-electron chi connectivity index (χ0n) is 20.3. The summed E-state index contributed by atoms with van der Waals surface area (Å²) in [7, 11) is -1.91. The van der Waals surface area contributed by atoms with Crippen molar-refractivity contribution in [2.75, 3.05) is 24.0 Å². The lowest BCUT2D eigenvalue weighted by molar-refractivity contribution is -0.137. The number of pyridine rings is 1. The highest BCUT2D eigenvalue weighted by Gasteiger charge is 2.33. The number of halogens is 3. The van der Waals surface area contributed by atoms with Crippen LogP contribution in [-0.4, -0.2) is 54.4 Å². The average Bonchev–Trinajstić information content (AvgIpc) is 3.30. The summed E-state index contributed by atoms with van der Waals surface area (Å²) in [5.74, 6) is 0.159. The molecule has 0 aliphatic carbocycles. The van der Waals surface area contributed by atoms with Gasteiger partial charge in [-0.25, -0.2) is 18.2 Å². The van der Waals surface area contributed by atoms with E-state index in [4.69, 9.17) is 9.47 Å². The van der Waals surface area contributed by atoms with Crippen LogP contribution in [0.5, 0.6) is 11.6 Å². The van der Waals surface area contributed by atoms with Crippen LogP contribution in [0.4, 0.5) is 23.7 Å². The Morgan fingerprint density at radius 3 is 2.57 bits per heavy atom. The van der Waals surface area contributed by atoms with Crippen molar-refractivity contribution in [2.24, 2.45) is 0 Å². The molecule has 0 N–H and O–H groups in total. The molecule has 0 saturated carbocycles. The third-order valence-corrected chi connectivity index (χ3v) is 6.95. The van der Waals surface area contributed by atoms with Gasteiger partial charge in [0, 0.05) is 47.4 Å². The molecule has 9 nitrogen and oxygen atoms in total. The van der Waals surface area contributed by atoms with Crippen molar-refractivity contribution < 1.29 is 35.9 Å². The Balaban J connectivity index is 1.79. The Labute approximate surface area is 211 Å². The van der Waals surface area contributed by atoms with Crippen molar-refractivity contribution in [1.82, 2.24) is 14.8 Å². The Morgan fingerprint density at radius 1 is 1.19 bits per heavy atom. The summed E-state index contributed by atoms with van der Waals surface area (Å²) in [6, 6.07) is 5.32. The summed E-state index contributed by atoms with van der Waals surface area (Å²) in [5, 5.41) is 4.23. The number of alkyl halides is 3. The first-order chi connectivity index (χ1) is 17.4. The van der Waals surface area contributed by atoms with Gasteiger partial charge in [-0.2, -0.15) is 18.3 Å². The number of rotatable bonds is 6. The summed E-state index contributed by atoms with van der Waals surface area (Å²) < 4.78 is 74.6. The van der Waals surface area contributed by atoms with E-state index >= 15 is 0 Å². The maximum atomic E-state index is 13.0. The van der Waals surface area contributed by atoms with Crippen molar-refractivity contribution in [3.8, 4) is 22.8 Å². The van der Waals surface area contributed by atoms with Crippen LogP contribution in [0.2, 0.25) is 0 Å². The van der Waals surface area contributed by atoms with Crippen molar-refractivity contribution in [1.29, 1.82) is 0 Å². The minimum absolute atomic E-state index is 0.0599. The fourth-order valence-corrected chi connectivity index (χ4v) is 4.64. The second-order valence-electron chi connectivity index (χ2n) is 8.77. The zero-order valence-corrected chi connectivity index (χ0v) is 21.1. The maximum Gasteiger partial charge on any atom is 0.417 e. The highest BCUT2D eigenvalue weighted by molar-refractivity contribution is 7.90. The molecule has 13 heteroatoms. The molecule has 1 atom stereocenters. The van der Waals surface area contributed by atoms with Gasteiger partial charge >= 0.3 is 12.3 Å². The van der Waals surface area contributed by atoms with Gasteiger partial charge in [0.2, 0.25) is 5.88 Å². The van der Waals surface area contributed by atoms with Gasteiger partial charge < -0.3 is 9.47 Å². The first-order valence-electron chi connectivity index (χ1n) is 11.3. The largest absolute Gasteiger partial charge is 0.452 e. The van der Waals surface area contributed by atoms with E-state index in [1.165, 1.54) is 16.7 Å². The highest BCUT2D eigenvalue weighted by atomic mass is 32.2. The predicted molar refractivity (Wildman–Crippen MR) is 129 cm³/mol. The SMILES string of the molecule is COC(=O)N1c2ccc(-c3cnn(CCS(C)(=O)=O)c3)c(Oc3ccc(C(F)(F)F)cn3)c2CC[C@@H]1C. The molecule has 0 radical (unpaired) electrons. The number of benzene rings is 1. The second-order valence-corrected chi connectivity index (χ2v) is 11.0. The number of hydrogen-bond acceptors (Lipinski definition) is 7. The van der Waals surface area contributed by atoms with E-state index in [0.29, 0.717) is 47.2 Å². The van der Waals surface area contributed by atoms with Gasteiger partial charge in [-0.15, -0.1) is 0 Å². The minimum atomic E-state index is -4.54. The summed E-state index contributed by atoms with van der Waals surface area (Å²) in [4.78, 5) is 17.9. The van der Waals surface area contributed by atoms with Crippen molar-refractivity contribution in [3.05, 3.63) is 54.0 Å². The number of hydrogen-bond donors (Lipinski definition) is 0. The van der Waals surface area contributed by atoms with E-state index in [1.54, 1.807) is 24.5 Å². The van der Waals surface area contributed by atoms with E-state index < -0.39 is 27.7 Å². The molecule has 0 bridgehead atoms. The van der Waals surface area contributed by atoms with Crippen LogP contribution >= 0.6 is 0 Å². The lowest BCUT2D eigenvalue weighted by Gasteiger charge is -2.35. The molecule has 0 unspecified atom stereocenters. The normalized spacial score (nSPS) is 15.8. The molecule has 3 aromatic rings. The molecule has 1 aromatic carbocycles. The number of carbonyl (C=O) groups excluding carboxylic acids is 1. The molecular weight excluding hydrogens is 513 g/mol. The van der Waals surface area contributed by atoms with E-state index in [0.717, 1.165) is 18.4 Å². The molecule has 37 heavy (non-hydrogen) atoms. The molecule has 3 heterocycles. The van der Waals surface area contributed by atoms with Crippen molar-refractivity contribution >= 4 is 21.6 Å². The van der Waals surface area contributed by atoms with Gasteiger partial charge in [-0.05, 0) is 38.0 Å². The van der Waals surface area contributed by atoms with Crippen LogP contribution in [-0.2, 0) is 33.7 Å². The van der Waals surface area contributed by atoms with Gasteiger partial charge in [-0.1, -0.05) is 0 Å². The van der Waals surface area contributed by atoms with E-state index in [2.05, 4.69) is 10.1 Å². The number of anilines is 1. The van der Waals surface area contributed by atoms with Gasteiger partial charge in [0.25, 0.3) is 0 Å². The van der Waals surface area contributed by atoms with E-state index in [-0.39, 0.29) is 24.2 Å². The number of ether oxygens (including phenoxy) is 2. The van der Waals surface area contributed by atoms with Crippen LogP contribution in [0, 0.1) is 0 Å². The fourth-order valence-electron chi connectivity index (χ4n) is 4.12. The molecule has 4 rings (SSSR count). The third-order valence-electron chi connectivity index (χ3n) is 6.03. The Kier molecular flexibility index (Phi) is 7.18. The third kappa shape index (κ3) is 5.87. The topological polar surface area (TPSA) is 104 Å². The van der Waals surface area contributed by atoms with Crippen molar-refractivity contribution in [2.45, 2.75) is 38.5 Å². The number of carbonyl (C=O) groups is 1. The van der Waals surface area contributed by atoms with Crippen LogP contribution in [0.3, 0.4) is 0 Å². The van der Waals surface area contributed by atoms with Crippen molar-refractivity contribution in [3.63, 3.8) is 0 Å². The number of fused-ring (bicyclic) bond motifs is 1.